The van der Waals surface area contributed by atoms with E-state index in [0.29, 0.717) is 0 Å². The minimum atomic E-state index is 0.0478. The van der Waals surface area contributed by atoms with E-state index < -0.39 is 0 Å². The summed E-state index contributed by atoms with van der Waals surface area (Å²) in [5.41, 5.74) is 4.08. The quantitative estimate of drug-likeness (QED) is 0.768. The van der Waals surface area contributed by atoms with Crippen molar-refractivity contribution in [2.45, 2.75) is 39.2 Å². The normalized spacial score (nSPS) is 17.4. The molecule has 0 bridgehead atoms. The molecule has 0 radical (unpaired) electrons. The number of hydrogen-bond donors (Lipinski definition) is 0. The predicted octanol–water partition coefficient (Wildman–Crippen LogP) is 3.26. The monoisotopic (exact) mass is 309 g/mol. The van der Waals surface area contributed by atoms with Gasteiger partial charge in [0.25, 0.3) is 0 Å². The number of nitrogens with zero attached hydrogens (tertiary/aromatic N) is 1. The van der Waals surface area contributed by atoms with E-state index >= 15 is 0 Å². The Morgan fingerprint density at radius 1 is 1.44 bits per heavy atom. The average molecular weight is 310 g/mol. The van der Waals surface area contributed by atoms with Crippen LogP contribution in [0.1, 0.15) is 37.5 Å². The second-order valence-electron chi connectivity index (χ2n) is 5.69. The van der Waals surface area contributed by atoms with Crippen molar-refractivity contribution in [1.29, 1.82) is 0 Å². The van der Waals surface area contributed by atoms with Crippen LogP contribution in [0.5, 0.6) is 0 Å². The van der Waals surface area contributed by atoms with Crippen LogP contribution in [0, 0.1) is 0 Å². The minimum absolute atomic E-state index is 0.0478. The highest BCUT2D eigenvalue weighted by atomic mass is 79.9. The summed E-state index contributed by atoms with van der Waals surface area (Å²) in [4.78, 5) is 13.6. The van der Waals surface area contributed by atoms with Crippen molar-refractivity contribution in [2.75, 3.05) is 11.9 Å². The number of rotatable bonds is 2. The molecular formula is C15H20BrNO. The van der Waals surface area contributed by atoms with Crippen LogP contribution >= 0.6 is 15.9 Å². The van der Waals surface area contributed by atoms with Crippen molar-refractivity contribution in [1.82, 2.24) is 4.90 Å². The Morgan fingerprint density at radius 2 is 2.17 bits per heavy atom. The molecule has 1 aromatic rings. The molecule has 2 rings (SSSR count). The number of benzene rings is 1. The Kier molecular flexibility index (Phi) is 3.81. The fourth-order valence-electron chi connectivity index (χ4n) is 2.75. The Balaban J connectivity index is 2.39. The third-order valence-electron chi connectivity index (χ3n) is 3.67. The lowest BCUT2D eigenvalue weighted by Gasteiger charge is -2.39. The smallest absolute Gasteiger partial charge is 0.219 e. The minimum Gasteiger partial charge on any atom is -0.338 e. The van der Waals surface area contributed by atoms with Gasteiger partial charge in [-0.15, -0.1) is 0 Å². The summed E-state index contributed by atoms with van der Waals surface area (Å²) in [7, 11) is 0. The number of alkyl halides is 1. The van der Waals surface area contributed by atoms with Gasteiger partial charge in [0.05, 0.1) is 0 Å². The third kappa shape index (κ3) is 2.61. The zero-order chi connectivity index (χ0) is 13.3. The number of amides is 1. The standard InChI is InChI=1S/C15H20BrNO/c1-11(18)17-9-13-8-12(6-7-16)4-5-14(13)15(2,3)10-17/h4-5,8H,6-7,9-10H2,1-3H3. The first-order valence-electron chi connectivity index (χ1n) is 6.38. The molecule has 0 saturated carbocycles. The Hall–Kier alpha value is -0.830. The van der Waals surface area contributed by atoms with Gasteiger partial charge < -0.3 is 4.90 Å². The van der Waals surface area contributed by atoms with Gasteiger partial charge in [-0.25, -0.2) is 0 Å². The van der Waals surface area contributed by atoms with Gasteiger partial charge in [0.2, 0.25) is 5.91 Å². The first-order valence-corrected chi connectivity index (χ1v) is 7.50. The largest absolute Gasteiger partial charge is 0.338 e. The van der Waals surface area contributed by atoms with Crippen molar-refractivity contribution >= 4 is 21.8 Å². The van der Waals surface area contributed by atoms with Crippen molar-refractivity contribution in [3.63, 3.8) is 0 Å². The van der Waals surface area contributed by atoms with E-state index in [2.05, 4.69) is 48.0 Å². The molecule has 0 atom stereocenters. The van der Waals surface area contributed by atoms with Gasteiger partial charge in [-0.05, 0) is 23.1 Å². The van der Waals surface area contributed by atoms with Gasteiger partial charge in [-0.1, -0.05) is 48.0 Å². The molecule has 3 heteroatoms. The van der Waals surface area contributed by atoms with Crippen LogP contribution in [0.2, 0.25) is 0 Å². The van der Waals surface area contributed by atoms with Crippen molar-refractivity contribution < 1.29 is 4.79 Å². The lowest BCUT2D eigenvalue weighted by molar-refractivity contribution is -0.130. The summed E-state index contributed by atoms with van der Waals surface area (Å²) in [5, 5.41) is 0.978. The second-order valence-corrected chi connectivity index (χ2v) is 6.48. The zero-order valence-corrected chi connectivity index (χ0v) is 12.9. The van der Waals surface area contributed by atoms with E-state index in [1.807, 2.05) is 4.90 Å². The van der Waals surface area contributed by atoms with Crippen molar-refractivity contribution in [3.05, 3.63) is 34.9 Å². The van der Waals surface area contributed by atoms with Gasteiger partial charge in [-0.2, -0.15) is 0 Å². The zero-order valence-electron chi connectivity index (χ0n) is 11.3. The highest BCUT2D eigenvalue weighted by Gasteiger charge is 2.32. The maximum atomic E-state index is 11.6. The lowest BCUT2D eigenvalue weighted by Crippen LogP contribution is -2.44. The molecule has 1 aromatic carbocycles. The predicted molar refractivity (Wildman–Crippen MR) is 78.1 cm³/mol. The molecule has 2 nitrogen and oxygen atoms in total. The van der Waals surface area contributed by atoms with E-state index in [9.17, 15) is 4.79 Å². The van der Waals surface area contributed by atoms with Crippen LogP contribution in [0.3, 0.4) is 0 Å². The van der Waals surface area contributed by atoms with Crippen LogP contribution in [0.25, 0.3) is 0 Å². The maximum absolute atomic E-state index is 11.6. The van der Waals surface area contributed by atoms with E-state index in [1.54, 1.807) is 6.92 Å². The number of carbonyl (C=O) groups is 1. The summed E-state index contributed by atoms with van der Waals surface area (Å²) < 4.78 is 0. The summed E-state index contributed by atoms with van der Waals surface area (Å²) in [5.74, 6) is 0.166. The molecule has 0 aliphatic carbocycles. The van der Waals surface area contributed by atoms with Crippen molar-refractivity contribution in [2.24, 2.45) is 0 Å². The fraction of sp³-hybridized carbons (Fsp3) is 0.533. The Bertz CT molecular complexity index is 468. The van der Waals surface area contributed by atoms with Crippen LogP contribution in [-0.2, 0) is 23.2 Å². The van der Waals surface area contributed by atoms with Gasteiger partial charge in [0, 0.05) is 30.8 Å². The molecule has 0 saturated heterocycles. The first kappa shape index (κ1) is 13.6. The molecule has 98 valence electrons. The molecule has 0 unspecified atom stereocenters. The number of fused-ring (bicyclic) bond motifs is 1. The Labute approximate surface area is 117 Å². The molecule has 0 aromatic heterocycles. The van der Waals surface area contributed by atoms with E-state index in [0.717, 1.165) is 24.8 Å². The van der Waals surface area contributed by atoms with Crippen LogP contribution in [0.15, 0.2) is 18.2 Å². The van der Waals surface area contributed by atoms with Crippen LogP contribution in [-0.4, -0.2) is 22.7 Å². The van der Waals surface area contributed by atoms with E-state index in [-0.39, 0.29) is 11.3 Å². The molecule has 0 fully saturated rings. The fourth-order valence-corrected chi connectivity index (χ4v) is 3.21. The topological polar surface area (TPSA) is 20.3 Å². The third-order valence-corrected chi connectivity index (χ3v) is 4.07. The molecule has 1 heterocycles. The molecule has 1 aliphatic rings. The van der Waals surface area contributed by atoms with E-state index in [4.69, 9.17) is 0 Å². The van der Waals surface area contributed by atoms with Crippen molar-refractivity contribution in [3.8, 4) is 0 Å². The highest BCUT2D eigenvalue weighted by Crippen LogP contribution is 2.33. The summed E-state index contributed by atoms with van der Waals surface area (Å²) in [6.07, 6.45) is 1.04. The summed E-state index contributed by atoms with van der Waals surface area (Å²) in [6, 6.07) is 6.71. The molecule has 18 heavy (non-hydrogen) atoms. The van der Waals surface area contributed by atoms with Crippen LogP contribution < -0.4 is 0 Å². The molecule has 0 spiro atoms. The Morgan fingerprint density at radius 3 is 2.78 bits per heavy atom. The van der Waals surface area contributed by atoms with E-state index in [1.165, 1.54) is 16.7 Å². The second kappa shape index (κ2) is 5.04. The lowest BCUT2D eigenvalue weighted by atomic mass is 9.77. The SMILES string of the molecule is CC(=O)N1Cc2cc(CCBr)ccc2C(C)(C)C1. The molecule has 1 aliphatic heterocycles. The summed E-state index contributed by atoms with van der Waals surface area (Å²) in [6.45, 7) is 7.65. The molecular weight excluding hydrogens is 290 g/mol. The van der Waals surface area contributed by atoms with Gasteiger partial charge >= 0.3 is 0 Å². The molecule has 1 amide bonds. The molecule has 0 N–H and O–H groups in total. The van der Waals surface area contributed by atoms with Gasteiger partial charge in [-0.3, -0.25) is 4.79 Å². The highest BCUT2D eigenvalue weighted by molar-refractivity contribution is 9.09. The summed E-state index contributed by atoms with van der Waals surface area (Å²) >= 11 is 3.48. The number of aryl methyl sites for hydroxylation is 1. The van der Waals surface area contributed by atoms with Gasteiger partial charge in [0.15, 0.2) is 0 Å². The van der Waals surface area contributed by atoms with Crippen LogP contribution in [0.4, 0.5) is 0 Å². The maximum Gasteiger partial charge on any atom is 0.219 e. The number of carbonyl (C=O) groups excluding carboxylic acids is 1. The van der Waals surface area contributed by atoms with Gasteiger partial charge in [0.1, 0.15) is 0 Å². The number of hydrogen-bond acceptors (Lipinski definition) is 1. The number of halogens is 1. The first-order chi connectivity index (χ1) is 8.44. The average Bonchev–Trinajstić information content (AvgIpc) is 2.27.